The Morgan fingerprint density at radius 1 is 1.27 bits per heavy atom. The van der Waals surface area contributed by atoms with Crippen molar-refractivity contribution >= 4 is 11.7 Å². The topological polar surface area (TPSA) is 77.1 Å². The molecule has 112 valence electrons. The summed E-state index contributed by atoms with van der Waals surface area (Å²) in [6.07, 6.45) is 5.14. The van der Waals surface area contributed by atoms with Gasteiger partial charge in [0.25, 0.3) is 0 Å². The van der Waals surface area contributed by atoms with Gasteiger partial charge in [-0.15, -0.1) is 0 Å². The third-order valence-corrected chi connectivity index (χ3v) is 2.74. The second kappa shape index (κ2) is 9.79. The fraction of sp³-hybridized carbons (Fsp3) is 0.235. The summed E-state index contributed by atoms with van der Waals surface area (Å²) in [5.74, 6) is -0.242. The zero-order valence-corrected chi connectivity index (χ0v) is 12.4. The van der Waals surface area contributed by atoms with Crippen LogP contribution in [-0.4, -0.2) is 19.1 Å². The number of carbonyl (C=O) groups excluding carboxylic acids is 1. The van der Waals surface area contributed by atoms with Crippen molar-refractivity contribution in [3.05, 3.63) is 54.3 Å². The molecule has 0 bridgehead atoms. The molecule has 0 atom stereocenters. The number of esters is 1. The molecule has 0 heterocycles. The van der Waals surface area contributed by atoms with Crippen LogP contribution in [0.5, 0.6) is 0 Å². The van der Waals surface area contributed by atoms with Crippen LogP contribution in [0, 0.1) is 22.7 Å². The molecule has 0 fully saturated rings. The van der Waals surface area contributed by atoms with Crippen molar-refractivity contribution in [3.8, 4) is 12.1 Å². The van der Waals surface area contributed by atoms with E-state index in [4.69, 9.17) is 15.3 Å². The van der Waals surface area contributed by atoms with Crippen LogP contribution in [-0.2, 0) is 9.53 Å². The van der Waals surface area contributed by atoms with Crippen molar-refractivity contribution in [1.29, 1.82) is 10.5 Å². The molecule has 0 radical (unpaired) electrons. The Hall–Kier alpha value is -3.05. The van der Waals surface area contributed by atoms with Crippen LogP contribution >= 0.6 is 0 Å². The number of rotatable bonds is 7. The zero-order chi connectivity index (χ0) is 16.2. The van der Waals surface area contributed by atoms with E-state index in [9.17, 15) is 4.79 Å². The Balaban J connectivity index is 2.78. The number of anilines is 1. The molecule has 1 aromatic rings. The van der Waals surface area contributed by atoms with Crippen LogP contribution in [0.4, 0.5) is 5.69 Å². The number of para-hydroxylation sites is 1. The summed E-state index contributed by atoms with van der Waals surface area (Å²) in [7, 11) is 0. The molecule has 0 amide bonds. The van der Waals surface area contributed by atoms with Crippen molar-refractivity contribution in [3.63, 3.8) is 0 Å². The lowest BCUT2D eigenvalue weighted by atomic mass is 10.3. The molecule has 5 heteroatoms. The number of hydrogen-bond donors (Lipinski definition) is 0. The van der Waals surface area contributed by atoms with Crippen LogP contribution in [0.25, 0.3) is 0 Å². The molecule has 0 aliphatic carbocycles. The Morgan fingerprint density at radius 2 is 1.95 bits per heavy atom. The first-order valence-electron chi connectivity index (χ1n) is 6.87. The third kappa shape index (κ3) is 5.94. The number of carbonyl (C=O) groups is 1. The van der Waals surface area contributed by atoms with Gasteiger partial charge in [-0.3, -0.25) is 4.79 Å². The average Bonchev–Trinajstić information content (AvgIpc) is 2.57. The van der Waals surface area contributed by atoms with Crippen molar-refractivity contribution in [2.75, 3.05) is 18.1 Å². The summed E-state index contributed by atoms with van der Waals surface area (Å²) < 4.78 is 5.08. The van der Waals surface area contributed by atoms with Crippen molar-refractivity contribution < 1.29 is 9.53 Å². The van der Waals surface area contributed by atoms with E-state index >= 15 is 0 Å². The molecule has 0 aromatic heterocycles. The summed E-state index contributed by atoms with van der Waals surface area (Å²) in [6.45, 7) is 2.49. The van der Waals surface area contributed by atoms with Gasteiger partial charge in [0.05, 0.1) is 6.54 Å². The SMILES string of the molecule is CCC(=O)OCCN(/C=C/C=C(C#N)C#N)c1ccccc1. The number of allylic oxidation sites excluding steroid dienone is 3. The first-order chi connectivity index (χ1) is 10.7. The maximum absolute atomic E-state index is 11.2. The second-order valence-electron chi connectivity index (χ2n) is 4.25. The fourth-order valence-corrected chi connectivity index (χ4v) is 1.61. The van der Waals surface area contributed by atoms with E-state index in [1.165, 1.54) is 6.08 Å². The smallest absolute Gasteiger partial charge is 0.305 e. The van der Waals surface area contributed by atoms with Crippen LogP contribution in [0.15, 0.2) is 54.3 Å². The van der Waals surface area contributed by atoms with E-state index in [1.54, 1.807) is 31.3 Å². The van der Waals surface area contributed by atoms with Crippen molar-refractivity contribution in [1.82, 2.24) is 0 Å². The minimum absolute atomic E-state index is 0.0293. The highest BCUT2D eigenvalue weighted by Crippen LogP contribution is 2.13. The summed E-state index contributed by atoms with van der Waals surface area (Å²) in [6, 6.07) is 13.1. The van der Waals surface area contributed by atoms with Crippen LogP contribution < -0.4 is 4.90 Å². The molecular weight excluding hydrogens is 278 g/mol. The minimum atomic E-state index is -0.242. The quantitative estimate of drug-likeness (QED) is 0.439. The van der Waals surface area contributed by atoms with E-state index in [2.05, 4.69) is 0 Å². The molecule has 1 aromatic carbocycles. The van der Waals surface area contributed by atoms with E-state index in [0.29, 0.717) is 13.0 Å². The van der Waals surface area contributed by atoms with Gasteiger partial charge >= 0.3 is 5.97 Å². The molecule has 0 saturated heterocycles. The third-order valence-electron chi connectivity index (χ3n) is 2.74. The van der Waals surface area contributed by atoms with Crippen LogP contribution in [0.2, 0.25) is 0 Å². The molecule has 0 aliphatic rings. The lowest BCUT2D eigenvalue weighted by molar-refractivity contribution is -0.142. The van der Waals surface area contributed by atoms with Crippen molar-refractivity contribution in [2.45, 2.75) is 13.3 Å². The zero-order valence-electron chi connectivity index (χ0n) is 12.4. The summed E-state index contributed by atoms with van der Waals surface area (Å²) >= 11 is 0. The first-order valence-corrected chi connectivity index (χ1v) is 6.87. The van der Waals surface area contributed by atoms with Gasteiger partial charge in [0.1, 0.15) is 24.3 Å². The van der Waals surface area contributed by atoms with Gasteiger partial charge in [-0.05, 0) is 24.3 Å². The van der Waals surface area contributed by atoms with Crippen LogP contribution in [0.1, 0.15) is 13.3 Å². The molecule has 0 aliphatic heterocycles. The molecule has 0 spiro atoms. The summed E-state index contributed by atoms with van der Waals surface area (Å²) in [5, 5.41) is 17.4. The molecule has 0 saturated carbocycles. The van der Waals surface area contributed by atoms with Gasteiger partial charge in [0, 0.05) is 18.3 Å². The number of hydrogen-bond acceptors (Lipinski definition) is 5. The van der Waals surface area contributed by atoms with Crippen LogP contribution in [0.3, 0.4) is 0 Å². The summed E-state index contributed by atoms with van der Waals surface area (Å²) in [5.41, 5.74) is 0.955. The predicted octanol–water partition coefficient (Wildman–Crippen LogP) is 2.93. The van der Waals surface area contributed by atoms with Gasteiger partial charge in [-0.25, -0.2) is 0 Å². The van der Waals surface area contributed by atoms with Crippen molar-refractivity contribution in [2.24, 2.45) is 0 Å². The van der Waals surface area contributed by atoms with E-state index in [0.717, 1.165) is 5.69 Å². The van der Waals surface area contributed by atoms with Gasteiger partial charge < -0.3 is 9.64 Å². The second-order valence-corrected chi connectivity index (χ2v) is 4.25. The van der Waals surface area contributed by atoms with Gasteiger partial charge in [0.15, 0.2) is 0 Å². The largest absolute Gasteiger partial charge is 0.464 e. The highest BCUT2D eigenvalue weighted by molar-refractivity contribution is 5.68. The molecule has 1 rings (SSSR count). The molecular formula is C17H17N3O2. The summed E-state index contributed by atoms with van der Waals surface area (Å²) in [4.78, 5) is 13.1. The van der Waals surface area contributed by atoms with E-state index in [-0.39, 0.29) is 18.1 Å². The van der Waals surface area contributed by atoms with E-state index < -0.39 is 0 Å². The molecule has 5 nitrogen and oxygen atoms in total. The Labute approximate surface area is 130 Å². The number of nitrogens with zero attached hydrogens (tertiary/aromatic N) is 3. The normalized spacial score (nSPS) is 9.59. The first kappa shape index (κ1) is 17.0. The van der Waals surface area contributed by atoms with E-state index in [1.807, 2.05) is 35.2 Å². The maximum atomic E-state index is 11.2. The lowest BCUT2D eigenvalue weighted by Crippen LogP contribution is -2.22. The van der Waals surface area contributed by atoms with Gasteiger partial charge in [0.2, 0.25) is 0 Å². The molecule has 0 N–H and O–H groups in total. The van der Waals surface area contributed by atoms with Gasteiger partial charge in [-0.1, -0.05) is 25.1 Å². The predicted molar refractivity (Wildman–Crippen MR) is 83.5 cm³/mol. The lowest BCUT2D eigenvalue weighted by Gasteiger charge is -2.20. The molecule has 22 heavy (non-hydrogen) atoms. The number of nitriles is 2. The fourth-order valence-electron chi connectivity index (χ4n) is 1.61. The molecule has 0 unspecified atom stereocenters. The Bertz CT molecular complexity index is 606. The average molecular weight is 295 g/mol. The minimum Gasteiger partial charge on any atom is -0.464 e. The van der Waals surface area contributed by atoms with Gasteiger partial charge in [-0.2, -0.15) is 10.5 Å². The Kier molecular flexibility index (Phi) is 7.57. The standard InChI is InChI=1S/C17H17N3O2/c1-2-17(21)22-12-11-20(16-8-4-3-5-9-16)10-6-7-15(13-18)14-19/h3-10H,2,11-12H2,1H3/b10-6+. The number of ether oxygens (including phenoxy) is 1. The Morgan fingerprint density at radius 3 is 2.55 bits per heavy atom. The number of benzene rings is 1. The maximum Gasteiger partial charge on any atom is 0.305 e. The highest BCUT2D eigenvalue weighted by atomic mass is 16.5. The highest BCUT2D eigenvalue weighted by Gasteiger charge is 2.04. The monoisotopic (exact) mass is 295 g/mol.